The van der Waals surface area contributed by atoms with Gasteiger partial charge in [0.25, 0.3) is 0 Å². The van der Waals surface area contributed by atoms with E-state index in [1.807, 2.05) is 145 Å². The Kier molecular flexibility index (Phi) is 20.0. The first-order chi connectivity index (χ1) is 33.0. The van der Waals surface area contributed by atoms with Gasteiger partial charge in [-0.3, -0.25) is 0 Å². The van der Waals surface area contributed by atoms with Crippen molar-refractivity contribution >= 4 is 40.1 Å². The Morgan fingerprint density at radius 2 is 0.458 bits per heavy atom. The molecule has 0 spiro atoms. The summed E-state index contributed by atoms with van der Waals surface area (Å²) in [5, 5.41) is 0. The Morgan fingerprint density at radius 1 is 0.292 bits per heavy atom. The summed E-state index contributed by atoms with van der Waals surface area (Å²) in [6.45, 7) is 34.3. The van der Waals surface area contributed by atoms with Crippen molar-refractivity contribution in [2.45, 2.75) is 194 Å². The molecule has 4 aromatic carbocycles. The van der Waals surface area contributed by atoms with Crippen LogP contribution in [0.2, 0.25) is 0 Å². The van der Waals surface area contributed by atoms with Crippen molar-refractivity contribution in [3.63, 3.8) is 0 Å². The zero-order chi connectivity index (χ0) is 54.7. The zero-order valence-corrected chi connectivity index (χ0v) is 50.1. The molecule has 402 valence electrons. The van der Waals surface area contributed by atoms with E-state index in [2.05, 4.69) is 0 Å². The normalized spacial score (nSPS) is 13.4. The molecule has 0 unspecified atom stereocenters. The molecule has 0 aliphatic rings. The van der Waals surface area contributed by atoms with Crippen molar-refractivity contribution < 1.29 is 33.7 Å². The Hall–Kier alpha value is -3.48. The molecule has 0 fully saturated rings. The largest absolute Gasteiger partial charge is 0.244 e. The van der Waals surface area contributed by atoms with Gasteiger partial charge in [-0.2, -0.15) is 17.2 Å². The van der Waals surface area contributed by atoms with Crippen molar-refractivity contribution in [3.05, 3.63) is 115 Å². The number of nitrogens with zero attached hydrogens (tertiary/aromatic N) is 4. The second-order valence-electron chi connectivity index (χ2n) is 22.3. The first kappa shape index (κ1) is 61.1. The molecule has 0 saturated heterocycles. The molecule has 0 aliphatic carbocycles. The van der Waals surface area contributed by atoms with E-state index in [4.69, 9.17) is 0 Å². The average molecular weight is 1070 g/mol. The number of hydrogen-bond acceptors (Lipinski definition) is 8. The molecule has 4 aromatic rings. The Balaban J connectivity index is 1.62. The Morgan fingerprint density at radius 3 is 0.639 bits per heavy atom. The highest BCUT2D eigenvalue weighted by atomic mass is 32.2. The quantitative estimate of drug-likeness (QED) is 0.0667. The van der Waals surface area contributed by atoms with Crippen LogP contribution in [0.15, 0.2) is 68.1 Å². The van der Waals surface area contributed by atoms with Gasteiger partial charge in [0.15, 0.2) is 0 Å². The van der Waals surface area contributed by atoms with Gasteiger partial charge in [-0.15, -0.1) is 0 Å². The van der Waals surface area contributed by atoms with Crippen LogP contribution in [0, 0.1) is 83.1 Å². The van der Waals surface area contributed by atoms with Gasteiger partial charge in [0, 0.05) is 50.3 Å². The predicted octanol–water partition coefficient (Wildman–Crippen LogP) is 11.4. The first-order valence-electron chi connectivity index (χ1n) is 25.3. The van der Waals surface area contributed by atoms with E-state index in [1.54, 1.807) is 27.7 Å². The van der Waals surface area contributed by atoms with Crippen LogP contribution in [-0.2, 0) is 40.1 Å². The van der Waals surface area contributed by atoms with Crippen molar-refractivity contribution in [2.75, 3.05) is 39.3 Å². The molecular formula is C56H86N4O8S4. The summed E-state index contributed by atoms with van der Waals surface area (Å²) in [6.07, 6.45) is 2.26. The number of aryl methyl sites for hydroxylation is 12. The molecule has 0 saturated carbocycles. The van der Waals surface area contributed by atoms with Gasteiger partial charge in [-0.25, -0.2) is 33.7 Å². The van der Waals surface area contributed by atoms with Gasteiger partial charge in [0.1, 0.15) is 0 Å². The number of rotatable bonds is 23. The molecule has 0 radical (unpaired) electrons. The van der Waals surface area contributed by atoms with E-state index < -0.39 is 51.2 Å². The molecule has 0 aromatic heterocycles. The second kappa shape index (κ2) is 23.6. The fourth-order valence-electron chi connectivity index (χ4n) is 10.8. The van der Waals surface area contributed by atoms with Gasteiger partial charge in [-0.1, -0.05) is 70.8 Å². The van der Waals surface area contributed by atoms with E-state index >= 15 is 0 Å². The van der Waals surface area contributed by atoms with E-state index in [0.717, 1.165) is 22.3 Å². The lowest BCUT2D eigenvalue weighted by Gasteiger charge is -2.35. The molecule has 0 heterocycles. The highest BCUT2D eigenvalue weighted by Gasteiger charge is 2.38. The van der Waals surface area contributed by atoms with E-state index in [1.165, 1.54) is 17.2 Å². The maximum absolute atomic E-state index is 14.8. The number of sulfonamides is 4. The molecule has 12 nitrogen and oxygen atoms in total. The number of unbranched alkanes of at least 4 members (excludes halogenated alkanes) is 3. The molecule has 0 N–H and O–H groups in total. The molecule has 4 rings (SSSR count). The highest BCUT2D eigenvalue weighted by molar-refractivity contribution is 7.90. The van der Waals surface area contributed by atoms with Gasteiger partial charge in [-0.05, 0) is 208 Å². The summed E-state index contributed by atoms with van der Waals surface area (Å²) in [4.78, 5) is 1.07. The monoisotopic (exact) mass is 1070 g/mol. The Labute approximate surface area is 436 Å². The minimum atomic E-state index is -4.04. The van der Waals surface area contributed by atoms with Crippen LogP contribution in [0.4, 0.5) is 0 Å². The maximum Gasteiger partial charge on any atom is 0.244 e. The van der Waals surface area contributed by atoms with Gasteiger partial charge >= 0.3 is 0 Å². The van der Waals surface area contributed by atoms with Crippen LogP contribution in [0.25, 0.3) is 0 Å². The molecule has 16 heteroatoms. The third kappa shape index (κ3) is 14.3. The Bertz CT molecular complexity index is 2760. The fourth-order valence-corrected chi connectivity index (χ4v) is 19.1. The lowest BCUT2D eigenvalue weighted by atomic mass is 10.1. The predicted molar refractivity (Wildman–Crippen MR) is 295 cm³/mol. The van der Waals surface area contributed by atoms with Crippen LogP contribution in [0.1, 0.15) is 147 Å². The minimum absolute atomic E-state index is 0.116. The van der Waals surface area contributed by atoms with Gasteiger partial charge < -0.3 is 0 Å². The SMILES string of the molecule is Cc1cc(C)c(S(=O)(=O)N(CCCCN(CCCCN(C(C)(C)C)S(=O)(=O)c2c(C)cc(C)cc2C)S(=O)(=O)c2c(C)cc(C)cc2C)CCCCN(C(C)(C)C)S(=O)(=O)c2c(C)cc(C)cc2C)c(C)c1. The van der Waals surface area contributed by atoms with Crippen molar-refractivity contribution in [1.29, 1.82) is 0 Å². The van der Waals surface area contributed by atoms with Crippen LogP contribution >= 0.6 is 0 Å². The average Bonchev–Trinajstić information content (AvgIpc) is 3.17. The lowest BCUT2D eigenvalue weighted by Crippen LogP contribution is -2.46. The molecule has 0 amide bonds. The van der Waals surface area contributed by atoms with Crippen molar-refractivity contribution in [1.82, 2.24) is 17.2 Å². The molecule has 0 bridgehead atoms. The topological polar surface area (TPSA) is 150 Å². The first-order valence-corrected chi connectivity index (χ1v) is 31.1. The van der Waals surface area contributed by atoms with Crippen molar-refractivity contribution in [2.24, 2.45) is 0 Å². The molecular weight excluding hydrogens is 985 g/mol. The summed E-state index contributed by atoms with van der Waals surface area (Å²) in [6, 6.07) is 14.9. The molecule has 0 atom stereocenters. The second-order valence-corrected chi connectivity index (χ2v) is 29.7. The maximum atomic E-state index is 14.8. The van der Waals surface area contributed by atoms with Crippen LogP contribution in [0.3, 0.4) is 0 Å². The van der Waals surface area contributed by atoms with E-state index in [-0.39, 0.29) is 49.1 Å². The van der Waals surface area contributed by atoms with Crippen LogP contribution in [-0.4, -0.2) is 101 Å². The standard InChI is InChI=1S/C56H86N4O8S4/c1-39-31-43(5)51(44(6)32-39)69(61,62)57(27-21-23-29-59(55(13,14)15)71(65,66)53-47(9)35-41(3)36-48(53)10)25-19-20-26-58(70(63,64)52-45(7)33-40(2)34-46(52)8)28-22-24-30-60(56(16,17)18)72(67,68)54-49(11)37-42(4)38-50(54)12/h31-38H,19-30H2,1-18H3. The fraction of sp³-hybridized carbons (Fsp3) is 0.571. The van der Waals surface area contributed by atoms with Crippen molar-refractivity contribution in [3.8, 4) is 0 Å². The highest BCUT2D eigenvalue weighted by Crippen LogP contribution is 2.34. The summed E-state index contributed by atoms with van der Waals surface area (Å²) in [7, 11) is -15.9. The zero-order valence-electron chi connectivity index (χ0n) is 46.8. The van der Waals surface area contributed by atoms with Gasteiger partial charge in [0.05, 0.1) is 19.6 Å². The number of hydrogen-bond donors (Lipinski definition) is 0. The minimum Gasteiger partial charge on any atom is -0.207 e. The summed E-state index contributed by atoms with van der Waals surface area (Å²) >= 11 is 0. The van der Waals surface area contributed by atoms with Gasteiger partial charge in [0.2, 0.25) is 40.1 Å². The summed E-state index contributed by atoms with van der Waals surface area (Å²) in [5.74, 6) is 0. The van der Waals surface area contributed by atoms with Crippen LogP contribution < -0.4 is 0 Å². The lowest BCUT2D eigenvalue weighted by molar-refractivity contribution is 0.241. The van der Waals surface area contributed by atoms with E-state index in [9.17, 15) is 33.7 Å². The summed E-state index contributed by atoms with van der Waals surface area (Å²) in [5.41, 5.74) is 7.60. The molecule has 72 heavy (non-hydrogen) atoms. The summed E-state index contributed by atoms with van der Waals surface area (Å²) < 4.78 is 123. The third-order valence-corrected chi connectivity index (χ3v) is 22.7. The smallest absolute Gasteiger partial charge is 0.207 e. The number of benzene rings is 4. The third-order valence-electron chi connectivity index (χ3n) is 13.3. The van der Waals surface area contributed by atoms with E-state index in [0.29, 0.717) is 92.8 Å². The van der Waals surface area contributed by atoms with Crippen LogP contribution in [0.5, 0.6) is 0 Å². The molecule has 0 aliphatic heterocycles.